The van der Waals surface area contributed by atoms with Crippen molar-refractivity contribution in [1.82, 2.24) is 4.72 Å². The van der Waals surface area contributed by atoms with Gasteiger partial charge in [0, 0.05) is 12.2 Å². The van der Waals surface area contributed by atoms with Gasteiger partial charge in [-0.15, -0.1) is 0 Å². The van der Waals surface area contributed by atoms with Gasteiger partial charge in [0.2, 0.25) is 10.0 Å². The molecular weight excluding hydrogens is 272 g/mol. The Kier molecular flexibility index (Phi) is 5.59. The molecule has 1 aromatic rings. The van der Waals surface area contributed by atoms with Crippen molar-refractivity contribution >= 4 is 15.7 Å². The summed E-state index contributed by atoms with van der Waals surface area (Å²) in [5, 5.41) is 0. The third kappa shape index (κ3) is 4.21. The van der Waals surface area contributed by atoms with Gasteiger partial charge in [-0.25, -0.2) is 13.1 Å². The van der Waals surface area contributed by atoms with Crippen molar-refractivity contribution in [2.45, 2.75) is 39.5 Å². The van der Waals surface area contributed by atoms with Crippen LogP contribution in [0.25, 0.3) is 0 Å². The van der Waals surface area contributed by atoms with Crippen LogP contribution in [0.4, 0.5) is 5.69 Å². The minimum atomic E-state index is -3.48. The van der Waals surface area contributed by atoms with Crippen LogP contribution in [0.3, 0.4) is 0 Å². The van der Waals surface area contributed by atoms with Gasteiger partial charge in [0.05, 0.1) is 4.90 Å². The molecular formula is C15H26N2O2S. The Morgan fingerprint density at radius 2 is 1.70 bits per heavy atom. The molecule has 1 aromatic carbocycles. The molecule has 0 bridgehead atoms. The predicted molar refractivity (Wildman–Crippen MR) is 83.9 cm³/mol. The lowest BCUT2D eigenvalue weighted by Gasteiger charge is -2.25. The second kappa shape index (κ2) is 6.59. The first kappa shape index (κ1) is 17.0. The van der Waals surface area contributed by atoms with E-state index >= 15 is 0 Å². The third-order valence-electron chi connectivity index (χ3n) is 3.71. The minimum Gasteiger partial charge on any atom is -0.399 e. The predicted octanol–water partition coefficient (Wildman–Crippen LogP) is 2.78. The number of hydrogen-bond donors (Lipinski definition) is 2. The Bertz CT molecular complexity index is 543. The summed E-state index contributed by atoms with van der Waals surface area (Å²) in [6.07, 6.45) is 0. The van der Waals surface area contributed by atoms with Gasteiger partial charge in [0.1, 0.15) is 0 Å². The number of nitrogens with one attached hydrogen (secondary N) is 1. The number of nitrogen functional groups attached to an aromatic ring is 1. The second-order valence-corrected chi connectivity index (χ2v) is 7.76. The molecule has 0 amide bonds. The number of sulfonamides is 1. The fourth-order valence-corrected chi connectivity index (χ4v) is 3.80. The average Bonchev–Trinajstić information content (AvgIpc) is 2.26. The zero-order valence-electron chi connectivity index (χ0n) is 13.0. The van der Waals surface area contributed by atoms with Crippen molar-refractivity contribution in [2.75, 3.05) is 12.3 Å². The molecule has 0 aromatic heterocycles. The Balaban J connectivity index is 2.90. The van der Waals surface area contributed by atoms with E-state index in [1.807, 2.05) is 0 Å². The molecule has 0 aliphatic carbocycles. The smallest absolute Gasteiger partial charge is 0.240 e. The lowest BCUT2D eigenvalue weighted by Crippen LogP contribution is -2.34. The van der Waals surface area contributed by atoms with Crippen LogP contribution in [0.5, 0.6) is 0 Å². The molecule has 0 fully saturated rings. The molecule has 0 aliphatic heterocycles. The van der Waals surface area contributed by atoms with E-state index in [1.54, 1.807) is 25.1 Å². The minimum absolute atomic E-state index is 0.304. The zero-order valence-corrected chi connectivity index (χ0v) is 13.8. The number of benzene rings is 1. The van der Waals surface area contributed by atoms with E-state index in [-0.39, 0.29) is 0 Å². The van der Waals surface area contributed by atoms with E-state index in [4.69, 9.17) is 5.73 Å². The third-order valence-corrected chi connectivity index (χ3v) is 5.29. The van der Waals surface area contributed by atoms with E-state index in [2.05, 4.69) is 32.4 Å². The first-order valence-electron chi connectivity index (χ1n) is 7.01. The highest BCUT2D eigenvalue weighted by atomic mass is 32.2. The maximum absolute atomic E-state index is 12.4. The van der Waals surface area contributed by atoms with Crippen molar-refractivity contribution in [3.05, 3.63) is 23.8 Å². The first-order chi connectivity index (χ1) is 9.15. The molecule has 0 spiro atoms. The summed E-state index contributed by atoms with van der Waals surface area (Å²) in [5.74, 6) is 1.19. The fraction of sp³-hybridized carbons (Fsp3) is 0.600. The van der Waals surface area contributed by atoms with Gasteiger partial charge >= 0.3 is 0 Å². The molecule has 0 aliphatic rings. The molecule has 20 heavy (non-hydrogen) atoms. The van der Waals surface area contributed by atoms with Gasteiger partial charge in [-0.3, -0.25) is 0 Å². The number of hydrogen-bond acceptors (Lipinski definition) is 3. The van der Waals surface area contributed by atoms with Crippen molar-refractivity contribution in [3.63, 3.8) is 0 Å². The van der Waals surface area contributed by atoms with Crippen molar-refractivity contribution in [2.24, 2.45) is 17.8 Å². The Labute approximate surface area is 122 Å². The monoisotopic (exact) mass is 298 g/mol. The van der Waals surface area contributed by atoms with Gasteiger partial charge in [-0.2, -0.15) is 0 Å². The first-order valence-corrected chi connectivity index (χ1v) is 8.49. The number of nitrogens with two attached hydrogens (primary N) is 1. The molecule has 0 heterocycles. The van der Waals surface area contributed by atoms with Crippen LogP contribution in [0, 0.1) is 24.7 Å². The van der Waals surface area contributed by atoms with E-state index < -0.39 is 10.0 Å². The van der Waals surface area contributed by atoms with Gasteiger partial charge in [-0.05, 0) is 48.4 Å². The van der Waals surface area contributed by atoms with Crippen molar-refractivity contribution in [1.29, 1.82) is 0 Å². The summed E-state index contributed by atoms with van der Waals surface area (Å²) in [4.78, 5) is 0.304. The van der Waals surface area contributed by atoms with Crippen molar-refractivity contribution in [3.8, 4) is 0 Å². The summed E-state index contributed by atoms with van der Waals surface area (Å²) in [5.41, 5.74) is 6.90. The molecule has 1 rings (SSSR count). The van der Waals surface area contributed by atoms with Crippen molar-refractivity contribution < 1.29 is 8.42 Å². The molecule has 114 valence electrons. The van der Waals surface area contributed by atoms with E-state index in [9.17, 15) is 8.42 Å². The van der Waals surface area contributed by atoms with Crippen LogP contribution >= 0.6 is 0 Å². The molecule has 0 unspecified atom stereocenters. The molecule has 0 saturated carbocycles. The molecule has 4 nitrogen and oxygen atoms in total. The molecule has 5 heteroatoms. The van der Waals surface area contributed by atoms with Gasteiger partial charge < -0.3 is 5.73 Å². The highest BCUT2D eigenvalue weighted by Gasteiger charge is 2.22. The average molecular weight is 298 g/mol. The maximum atomic E-state index is 12.4. The van der Waals surface area contributed by atoms with Crippen LogP contribution in [0.2, 0.25) is 0 Å². The lowest BCUT2D eigenvalue weighted by atomic mass is 9.86. The Morgan fingerprint density at radius 3 is 2.15 bits per heavy atom. The molecule has 0 radical (unpaired) electrons. The van der Waals surface area contributed by atoms with Gasteiger partial charge in [-0.1, -0.05) is 27.7 Å². The number of anilines is 1. The van der Waals surface area contributed by atoms with Crippen LogP contribution in [0.1, 0.15) is 33.3 Å². The largest absolute Gasteiger partial charge is 0.399 e. The summed E-state index contributed by atoms with van der Waals surface area (Å²) in [6.45, 7) is 10.7. The zero-order chi connectivity index (χ0) is 15.5. The summed E-state index contributed by atoms with van der Waals surface area (Å²) in [7, 11) is -3.48. The van der Waals surface area contributed by atoms with Gasteiger partial charge in [0.15, 0.2) is 0 Å². The Morgan fingerprint density at radius 1 is 1.15 bits per heavy atom. The van der Waals surface area contributed by atoms with Crippen LogP contribution in [0.15, 0.2) is 23.1 Å². The SMILES string of the molecule is Cc1cc(N)ccc1S(=O)(=O)NCC(C(C)C)C(C)C. The molecule has 0 atom stereocenters. The summed E-state index contributed by atoms with van der Waals surface area (Å²) in [6, 6.07) is 4.85. The van der Waals surface area contributed by atoms with E-state index in [0.717, 1.165) is 0 Å². The topological polar surface area (TPSA) is 72.2 Å². The summed E-state index contributed by atoms with van der Waals surface area (Å²) < 4.78 is 27.5. The maximum Gasteiger partial charge on any atom is 0.240 e. The lowest BCUT2D eigenvalue weighted by molar-refractivity contribution is 0.289. The summed E-state index contributed by atoms with van der Waals surface area (Å²) >= 11 is 0. The van der Waals surface area contributed by atoms with Gasteiger partial charge in [0.25, 0.3) is 0 Å². The quantitative estimate of drug-likeness (QED) is 0.793. The second-order valence-electron chi connectivity index (χ2n) is 6.03. The standard InChI is InChI=1S/C15H26N2O2S/c1-10(2)14(11(3)4)9-17-20(18,19)15-7-6-13(16)8-12(15)5/h6-8,10-11,14,17H,9,16H2,1-5H3. The van der Waals surface area contributed by atoms with Crippen LogP contribution < -0.4 is 10.5 Å². The number of rotatable bonds is 6. The fourth-order valence-electron chi connectivity index (χ4n) is 2.50. The van der Waals surface area contributed by atoms with E-state index in [0.29, 0.717) is 40.4 Å². The number of aryl methyl sites for hydroxylation is 1. The highest BCUT2D eigenvalue weighted by molar-refractivity contribution is 7.89. The molecule has 3 N–H and O–H groups in total. The highest BCUT2D eigenvalue weighted by Crippen LogP contribution is 2.22. The van der Waals surface area contributed by atoms with E-state index in [1.165, 1.54) is 0 Å². The normalized spacial score (nSPS) is 12.6. The molecule has 0 saturated heterocycles. The van der Waals surface area contributed by atoms with Crippen LogP contribution in [-0.2, 0) is 10.0 Å². The van der Waals surface area contributed by atoms with Crippen LogP contribution in [-0.4, -0.2) is 15.0 Å². The Hall–Kier alpha value is -1.07.